The molecule has 0 fully saturated rings. The van der Waals surface area contributed by atoms with Crippen LogP contribution in [0.2, 0.25) is 0 Å². The zero-order chi connectivity index (χ0) is 18.8. The molecule has 0 saturated heterocycles. The molecule has 24 heavy (non-hydrogen) atoms. The molecule has 0 bridgehead atoms. The molecule has 1 aromatic carbocycles. The van der Waals surface area contributed by atoms with E-state index in [2.05, 4.69) is 8.37 Å². The van der Waals surface area contributed by atoms with E-state index < -0.39 is 55.6 Å². The van der Waals surface area contributed by atoms with Crippen molar-refractivity contribution in [2.75, 3.05) is 11.5 Å². The van der Waals surface area contributed by atoms with Crippen LogP contribution >= 0.6 is 0 Å². The van der Waals surface area contributed by atoms with E-state index in [-0.39, 0.29) is 0 Å². The smallest absolute Gasteiger partial charge is 0.382 e. The second-order valence-corrected chi connectivity index (χ2v) is 7.41. The molecule has 0 N–H and O–H groups in total. The Morgan fingerprint density at radius 2 is 0.917 bits per heavy atom. The molecule has 0 aliphatic rings. The summed E-state index contributed by atoms with van der Waals surface area (Å²) < 4.78 is 125. The number of benzene rings is 1. The summed E-state index contributed by atoms with van der Waals surface area (Å²) in [6.45, 7) is 0. The summed E-state index contributed by atoms with van der Waals surface area (Å²) in [7, 11) is -9.99. The first-order valence-electron chi connectivity index (χ1n) is 5.65. The Hall–Kier alpha value is -1.70. The number of hydrogen-bond acceptors (Lipinski definition) is 6. The predicted octanol–water partition coefficient (Wildman–Crippen LogP) is 2.23. The lowest BCUT2D eigenvalue weighted by Crippen LogP contribution is -2.26. The average Bonchev–Trinajstić information content (AvgIpc) is 2.24. The van der Waals surface area contributed by atoms with Crippen LogP contribution in [0.3, 0.4) is 0 Å². The molecule has 0 aliphatic carbocycles. The summed E-state index contributed by atoms with van der Waals surface area (Å²) in [5.74, 6) is -5.73. The van der Waals surface area contributed by atoms with Crippen molar-refractivity contribution >= 4 is 20.2 Å². The third-order valence-corrected chi connectivity index (χ3v) is 4.21. The van der Waals surface area contributed by atoms with Gasteiger partial charge in [0.1, 0.15) is 11.5 Å². The Morgan fingerprint density at radius 1 is 0.667 bits per heavy atom. The highest BCUT2D eigenvalue weighted by Gasteiger charge is 2.37. The monoisotopic (exact) mass is 402 g/mol. The zero-order valence-corrected chi connectivity index (χ0v) is 12.9. The Bertz CT molecular complexity index is 697. The number of alkyl halides is 6. The van der Waals surface area contributed by atoms with Crippen molar-refractivity contribution in [1.29, 1.82) is 0 Å². The molecule has 0 heterocycles. The van der Waals surface area contributed by atoms with Gasteiger partial charge >= 0.3 is 32.6 Å². The van der Waals surface area contributed by atoms with Crippen molar-refractivity contribution in [2.45, 2.75) is 12.4 Å². The van der Waals surface area contributed by atoms with Gasteiger partial charge in [0.05, 0.1) is 0 Å². The highest BCUT2D eigenvalue weighted by Crippen LogP contribution is 2.25. The van der Waals surface area contributed by atoms with E-state index in [1.807, 2.05) is 0 Å². The van der Waals surface area contributed by atoms with Gasteiger partial charge in [0, 0.05) is 0 Å². The highest BCUT2D eigenvalue weighted by atomic mass is 32.2. The van der Waals surface area contributed by atoms with Crippen LogP contribution in [0.15, 0.2) is 24.3 Å². The lowest BCUT2D eigenvalue weighted by molar-refractivity contribution is -0.108. The number of rotatable bonds is 6. The number of halogens is 6. The second-order valence-electron chi connectivity index (χ2n) is 4.27. The minimum atomic E-state index is -5.03. The lowest BCUT2D eigenvalue weighted by Gasteiger charge is -2.11. The predicted molar refractivity (Wildman–Crippen MR) is 67.4 cm³/mol. The molecule has 0 aliphatic heterocycles. The fourth-order valence-corrected chi connectivity index (χ4v) is 3.03. The standard InChI is InChI=1S/C10H8F6O6S2/c11-9(12,13)5-23(17,18)21-7-1-2-8(4-3-7)22-24(19,20)6-10(14,15)16/h1-4H,5-6H2. The summed E-state index contributed by atoms with van der Waals surface area (Å²) in [6.07, 6.45) is -10.1. The minimum absolute atomic E-state index is 0.611. The fourth-order valence-electron chi connectivity index (χ4n) is 1.30. The van der Waals surface area contributed by atoms with Gasteiger partial charge in [0.25, 0.3) is 0 Å². The van der Waals surface area contributed by atoms with Crippen molar-refractivity contribution in [1.82, 2.24) is 0 Å². The van der Waals surface area contributed by atoms with Crippen molar-refractivity contribution in [3.8, 4) is 11.5 Å². The quantitative estimate of drug-likeness (QED) is 0.536. The first-order chi connectivity index (χ1) is 10.6. The normalized spacial score (nSPS) is 13.6. The molecule has 0 unspecified atom stereocenters. The molecule has 138 valence electrons. The maximum Gasteiger partial charge on any atom is 0.406 e. The molecule has 14 heteroatoms. The summed E-state index contributed by atoms with van der Waals surface area (Å²) in [5, 5.41) is 0. The van der Waals surface area contributed by atoms with Crippen LogP contribution in [0.4, 0.5) is 26.3 Å². The van der Waals surface area contributed by atoms with Gasteiger partial charge < -0.3 is 8.37 Å². The maximum absolute atomic E-state index is 12.0. The van der Waals surface area contributed by atoms with Crippen LogP contribution < -0.4 is 8.37 Å². The lowest BCUT2D eigenvalue weighted by atomic mass is 10.3. The first-order valence-corrected chi connectivity index (χ1v) is 8.80. The molecular weight excluding hydrogens is 394 g/mol. The summed E-state index contributed by atoms with van der Waals surface area (Å²) >= 11 is 0. The van der Waals surface area contributed by atoms with Crippen LogP contribution in [-0.4, -0.2) is 40.7 Å². The van der Waals surface area contributed by atoms with Crippen molar-refractivity contribution in [3.63, 3.8) is 0 Å². The van der Waals surface area contributed by atoms with E-state index >= 15 is 0 Å². The fraction of sp³-hybridized carbons (Fsp3) is 0.400. The molecule has 0 radical (unpaired) electrons. The molecule has 0 atom stereocenters. The van der Waals surface area contributed by atoms with Crippen LogP contribution in [0.25, 0.3) is 0 Å². The van der Waals surface area contributed by atoms with Gasteiger partial charge in [-0.15, -0.1) is 0 Å². The third kappa shape index (κ3) is 8.24. The number of hydrogen-bond donors (Lipinski definition) is 0. The minimum Gasteiger partial charge on any atom is -0.382 e. The van der Waals surface area contributed by atoms with Gasteiger partial charge in [-0.3, -0.25) is 0 Å². The molecule has 0 aromatic heterocycles. The van der Waals surface area contributed by atoms with Crippen LogP contribution in [0, 0.1) is 0 Å². The van der Waals surface area contributed by atoms with E-state index in [1.165, 1.54) is 0 Å². The van der Waals surface area contributed by atoms with E-state index in [0.717, 1.165) is 0 Å². The van der Waals surface area contributed by atoms with Crippen molar-refractivity contribution < 1.29 is 51.5 Å². The summed E-state index contributed by atoms with van der Waals surface area (Å²) in [4.78, 5) is 0. The summed E-state index contributed by atoms with van der Waals surface area (Å²) in [5.41, 5.74) is 0. The summed E-state index contributed by atoms with van der Waals surface area (Å²) in [6, 6.07) is 2.86. The SMILES string of the molecule is O=S(=O)(CC(F)(F)F)Oc1ccc(OS(=O)(=O)CC(F)(F)F)cc1. The molecule has 0 saturated carbocycles. The van der Waals surface area contributed by atoms with Gasteiger partial charge in [-0.2, -0.15) is 43.2 Å². The van der Waals surface area contributed by atoms with Gasteiger partial charge in [-0.1, -0.05) is 0 Å². The molecular formula is C10H8F6O6S2. The van der Waals surface area contributed by atoms with E-state index in [9.17, 15) is 43.2 Å². The van der Waals surface area contributed by atoms with E-state index in [1.54, 1.807) is 0 Å². The Morgan fingerprint density at radius 3 is 1.12 bits per heavy atom. The van der Waals surface area contributed by atoms with Crippen LogP contribution in [-0.2, 0) is 20.2 Å². The molecule has 6 nitrogen and oxygen atoms in total. The third-order valence-electron chi connectivity index (χ3n) is 1.95. The van der Waals surface area contributed by atoms with E-state index in [0.29, 0.717) is 24.3 Å². The topological polar surface area (TPSA) is 86.7 Å². The van der Waals surface area contributed by atoms with Crippen molar-refractivity contribution in [2.24, 2.45) is 0 Å². The Kier molecular flexibility index (Phi) is 5.65. The Balaban J connectivity index is 2.80. The van der Waals surface area contributed by atoms with Gasteiger partial charge in [-0.25, -0.2) is 0 Å². The largest absolute Gasteiger partial charge is 0.406 e. The average molecular weight is 402 g/mol. The molecule has 0 spiro atoms. The van der Waals surface area contributed by atoms with Crippen LogP contribution in [0.1, 0.15) is 0 Å². The van der Waals surface area contributed by atoms with Gasteiger partial charge in [-0.05, 0) is 24.3 Å². The second kappa shape index (κ2) is 6.66. The van der Waals surface area contributed by atoms with E-state index in [4.69, 9.17) is 0 Å². The maximum atomic E-state index is 12.0. The molecule has 0 amide bonds. The highest BCUT2D eigenvalue weighted by molar-refractivity contribution is 7.87. The molecule has 1 aromatic rings. The molecule has 1 rings (SSSR count). The van der Waals surface area contributed by atoms with Crippen LogP contribution in [0.5, 0.6) is 11.5 Å². The van der Waals surface area contributed by atoms with Gasteiger partial charge in [0.15, 0.2) is 11.5 Å². The zero-order valence-electron chi connectivity index (χ0n) is 11.3. The van der Waals surface area contributed by atoms with Crippen molar-refractivity contribution in [3.05, 3.63) is 24.3 Å². The van der Waals surface area contributed by atoms with Gasteiger partial charge in [0.2, 0.25) is 0 Å². The Labute approximate surface area is 132 Å². The first kappa shape index (κ1) is 20.3.